The molecule has 2 atom stereocenters. The zero-order chi connectivity index (χ0) is 15.2. The van der Waals surface area contributed by atoms with Crippen molar-refractivity contribution in [3.63, 3.8) is 0 Å². The van der Waals surface area contributed by atoms with Crippen molar-refractivity contribution in [3.05, 3.63) is 48.3 Å². The van der Waals surface area contributed by atoms with E-state index < -0.39 is 5.60 Å². The number of nitrogens with zero attached hydrogens (tertiary/aromatic N) is 3. The van der Waals surface area contributed by atoms with Crippen LogP contribution in [0, 0.1) is 0 Å². The fourth-order valence-corrected chi connectivity index (χ4v) is 4.23. The predicted octanol–water partition coefficient (Wildman–Crippen LogP) is 2.71. The highest BCUT2D eigenvalue weighted by Gasteiger charge is 2.44. The first kappa shape index (κ1) is 14.0. The Morgan fingerprint density at radius 1 is 1.14 bits per heavy atom. The topological polar surface area (TPSA) is 41.3 Å². The lowest BCUT2D eigenvalue weighted by Gasteiger charge is -2.50. The first-order valence-electron chi connectivity index (χ1n) is 8.21. The summed E-state index contributed by atoms with van der Waals surface area (Å²) in [7, 11) is 2.22. The largest absolute Gasteiger partial charge is 0.385 e. The summed E-state index contributed by atoms with van der Waals surface area (Å²) in [5.74, 6) is 0. The molecule has 0 aliphatic carbocycles. The number of fused-ring (bicyclic) bond motifs is 2. The SMILES string of the molecule is CN1C2CCCC1CC(O)(c1ccc(-n3cccn3)cc1)C2. The van der Waals surface area contributed by atoms with E-state index in [4.69, 9.17) is 0 Å². The second-order valence-electron chi connectivity index (χ2n) is 6.84. The molecule has 0 saturated carbocycles. The van der Waals surface area contributed by atoms with Crippen molar-refractivity contribution in [2.75, 3.05) is 7.05 Å². The lowest BCUT2D eigenvalue weighted by atomic mass is 9.73. The van der Waals surface area contributed by atoms with Gasteiger partial charge in [0.25, 0.3) is 0 Å². The van der Waals surface area contributed by atoms with Crippen molar-refractivity contribution in [1.82, 2.24) is 14.7 Å². The Morgan fingerprint density at radius 3 is 2.41 bits per heavy atom. The fraction of sp³-hybridized carbons (Fsp3) is 0.500. The highest BCUT2D eigenvalue weighted by molar-refractivity contribution is 5.36. The Labute approximate surface area is 131 Å². The van der Waals surface area contributed by atoms with E-state index in [1.54, 1.807) is 6.20 Å². The molecule has 2 unspecified atom stereocenters. The molecule has 2 fully saturated rings. The lowest BCUT2D eigenvalue weighted by molar-refractivity contribution is -0.0874. The number of aliphatic hydroxyl groups is 1. The van der Waals surface area contributed by atoms with E-state index in [0.29, 0.717) is 12.1 Å². The highest BCUT2D eigenvalue weighted by Crippen LogP contribution is 2.43. The van der Waals surface area contributed by atoms with E-state index in [1.807, 2.05) is 16.9 Å². The molecule has 0 amide bonds. The predicted molar refractivity (Wildman–Crippen MR) is 85.9 cm³/mol. The van der Waals surface area contributed by atoms with Crippen molar-refractivity contribution >= 4 is 0 Å². The molecule has 2 aliphatic rings. The Morgan fingerprint density at radius 2 is 1.82 bits per heavy atom. The first-order valence-corrected chi connectivity index (χ1v) is 8.21. The van der Waals surface area contributed by atoms with Crippen LogP contribution in [0.4, 0.5) is 0 Å². The summed E-state index contributed by atoms with van der Waals surface area (Å²) in [5.41, 5.74) is 1.41. The Hall–Kier alpha value is -1.65. The van der Waals surface area contributed by atoms with Crippen molar-refractivity contribution in [3.8, 4) is 5.69 Å². The molecule has 1 N–H and O–H groups in total. The van der Waals surface area contributed by atoms with Crippen LogP contribution in [0.1, 0.15) is 37.7 Å². The number of rotatable bonds is 2. The summed E-state index contributed by atoms with van der Waals surface area (Å²) in [6.07, 6.45) is 9.13. The van der Waals surface area contributed by atoms with Crippen molar-refractivity contribution < 1.29 is 5.11 Å². The fourth-order valence-electron chi connectivity index (χ4n) is 4.23. The lowest BCUT2D eigenvalue weighted by Crippen LogP contribution is -2.55. The van der Waals surface area contributed by atoms with Crippen LogP contribution >= 0.6 is 0 Å². The van der Waals surface area contributed by atoms with Crippen LogP contribution in [-0.2, 0) is 5.60 Å². The van der Waals surface area contributed by atoms with Crippen LogP contribution < -0.4 is 0 Å². The maximum absolute atomic E-state index is 11.2. The van der Waals surface area contributed by atoms with Gasteiger partial charge < -0.3 is 10.0 Å². The first-order chi connectivity index (χ1) is 10.7. The van der Waals surface area contributed by atoms with Crippen LogP contribution in [0.2, 0.25) is 0 Å². The van der Waals surface area contributed by atoms with E-state index in [0.717, 1.165) is 24.1 Å². The quantitative estimate of drug-likeness (QED) is 0.926. The molecule has 116 valence electrons. The van der Waals surface area contributed by atoms with Crippen LogP contribution in [0.25, 0.3) is 5.69 Å². The van der Waals surface area contributed by atoms with Gasteiger partial charge in [0.1, 0.15) is 0 Å². The van der Waals surface area contributed by atoms with Gasteiger partial charge in [0.05, 0.1) is 11.3 Å². The molecule has 2 bridgehead atoms. The minimum absolute atomic E-state index is 0.517. The smallest absolute Gasteiger partial charge is 0.0926 e. The minimum atomic E-state index is -0.676. The maximum atomic E-state index is 11.2. The summed E-state index contributed by atoms with van der Waals surface area (Å²) in [6, 6.07) is 11.2. The highest BCUT2D eigenvalue weighted by atomic mass is 16.3. The maximum Gasteiger partial charge on any atom is 0.0926 e. The van der Waals surface area contributed by atoms with E-state index in [1.165, 1.54) is 19.3 Å². The third-order valence-electron chi connectivity index (χ3n) is 5.55. The molecule has 2 aliphatic heterocycles. The van der Waals surface area contributed by atoms with E-state index in [9.17, 15) is 5.11 Å². The van der Waals surface area contributed by atoms with Crippen molar-refractivity contribution in [2.24, 2.45) is 0 Å². The van der Waals surface area contributed by atoms with Crippen LogP contribution in [-0.4, -0.2) is 38.9 Å². The molecule has 3 heterocycles. The number of piperidine rings is 2. The number of aromatic nitrogens is 2. The minimum Gasteiger partial charge on any atom is -0.385 e. The van der Waals surface area contributed by atoms with Gasteiger partial charge in [0, 0.05) is 24.5 Å². The molecule has 22 heavy (non-hydrogen) atoms. The standard InChI is InChI=1S/C18H23N3O/c1-20-16-4-2-5-17(20)13-18(22,12-16)14-6-8-15(9-7-14)21-11-3-10-19-21/h3,6-11,16-17,22H,2,4-5,12-13H2,1H3. The van der Waals surface area contributed by atoms with Gasteiger partial charge in [0.2, 0.25) is 0 Å². The summed E-state index contributed by atoms with van der Waals surface area (Å²) in [5, 5.41) is 15.5. The monoisotopic (exact) mass is 297 g/mol. The van der Waals surface area contributed by atoms with Gasteiger partial charge in [-0.25, -0.2) is 4.68 Å². The molecule has 0 spiro atoms. The molecule has 2 saturated heterocycles. The van der Waals surface area contributed by atoms with Crippen molar-refractivity contribution in [1.29, 1.82) is 0 Å². The van der Waals surface area contributed by atoms with Gasteiger partial charge >= 0.3 is 0 Å². The van der Waals surface area contributed by atoms with Gasteiger partial charge in [-0.05, 0) is 56.5 Å². The number of benzene rings is 1. The van der Waals surface area contributed by atoms with E-state index >= 15 is 0 Å². The Kier molecular flexibility index (Phi) is 3.31. The molecule has 1 aromatic heterocycles. The summed E-state index contributed by atoms with van der Waals surface area (Å²) in [6.45, 7) is 0. The normalized spacial score (nSPS) is 32.1. The Bertz CT molecular complexity index is 621. The Balaban J connectivity index is 1.61. The molecular weight excluding hydrogens is 274 g/mol. The molecular formula is C18H23N3O. The molecule has 1 aromatic carbocycles. The molecule has 4 rings (SSSR count). The van der Waals surface area contributed by atoms with Crippen LogP contribution in [0.15, 0.2) is 42.7 Å². The van der Waals surface area contributed by atoms with Crippen LogP contribution in [0.3, 0.4) is 0 Å². The van der Waals surface area contributed by atoms with Crippen molar-refractivity contribution in [2.45, 2.75) is 49.8 Å². The molecule has 4 nitrogen and oxygen atoms in total. The average Bonchev–Trinajstić information content (AvgIpc) is 3.04. The molecule has 0 radical (unpaired) electrons. The third-order valence-corrected chi connectivity index (χ3v) is 5.55. The summed E-state index contributed by atoms with van der Waals surface area (Å²) < 4.78 is 1.84. The molecule has 4 heteroatoms. The van der Waals surface area contributed by atoms with Gasteiger partial charge in [-0.3, -0.25) is 0 Å². The van der Waals surface area contributed by atoms with Gasteiger partial charge in [-0.15, -0.1) is 0 Å². The van der Waals surface area contributed by atoms with Gasteiger partial charge in [0.15, 0.2) is 0 Å². The average molecular weight is 297 g/mol. The second kappa shape index (κ2) is 5.21. The van der Waals surface area contributed by atoms with Gasteiger partial charge in [-0.1, -0.05) is 18.6 Å². The number of hydrogen-bond donors (Lipinski definition) is 1. The van der Waals surface area contributed by atoms with Gasteiger partial charge in [-0.2, -0.15) is 5.10 Å². The van der Waals surface area contributed by atoms with E-state index in [2.05, 4.69) is 41.3 Å². The second-order valence-corrected chi connectivity index (χ2v) is 6.84. The summed E-state index contributed by atoms with van der Waals surface area (Å²) in [4.78, 5) is 2.48. The number of hydrogen-bond acceptors (Lipinski definition) is 3. The summed E-state index contributed by atoms with van der Waals surface area (Å²) >= 11 is 0. The zero-order valence-corrected chi connectivity index (χ0v) is 13.0. The molecule has 2 aromatic rings. The third kappa shape index (κ3) is 2.27. The van der Waals surface area contributed by atoms with E-state index in [-0.39, 0.29) is 0 Å². The van der Waals surface area contributed by atoms with Crippen LogP contribution in [0.5, 0.6) is 0 Å². The zero-order valence-electron chi connectivity index (χ0n) is 13.0.